The number of benzene rings is 15. The second-order valence-electron chi connectivity index (χ2n) is 21.0. The van der Waals surface area contributed by atoms with Gasteiger partial charge < -0.3 is 18.6 Å². The summed E-state index contributed by atoms with van der Waals surface area (Å²) in [4.78, 5) is 4.91. The quantitative estimate of drug-likeness (QED) is 0.149. The smallest absolute Gasteiger partial charge is 0.138 e. The second kappa shape index (κ2) is 17.4. The average Bonchev–Trinajstić information content (AvgIpc) is 4.30. The van der Waals surface area contributed by atoms with Crippen molar-refractivity contribution < 1.29 is 8.83 Å². The van der Waals surface area contributed by atoms with E-state index < -0.39 is 0 Å². The third-order valence-electron chi connectivity index (χ3n) is 16.7. The van der Waals surface area contributed by atoms with Crippen LogP contribution in [-0.4, -0.2) is 0 Å². The van der Waals surface area contributed by atoms with Gasteiger partial charge in [0.15, 0.2) is 0 Å². The van der Waals surface area contributed by atoms with Crippen molar-refractivity contribution in [1.82, 2.24) is 0 Å². The molecule has 2 aromatic heterocycles. The molecule has 0 radical (unpaired) electrons. The number of nitrogens with zero attached hydrogens (tertiary/aromatic N) is 2. The van der Waals surface area contributed by atoms with Crippen molar-refractivity contribution in [2.75, 3.05) is 9.80 Å². The van der Waals surface area contributed by atoms with Crippen molar-refractivity contribution in [2.24, 2.45) is 0 Å². The standard InChI is InChI=1S/C76H46N2O2/c1-3-23-49(24-4-1)77(65-45-69-74(57-33-15-13-31-55(57)65)72-51-27-9-7-21-47(51)39-43-67(72)79-69)64-42-41-61(53-29-11-12-30-54(53)64)71-59-35-17-19-37-62(59)76(63-38-20-18-36-60(63)71)78(50-25-5-2-6-26-50)66-46-70-75(58-34-16-14-32-56(58)66)73-52-28-10-8-22-48(52)40-44-68(73)80-70/h1-46H. The molecule has 0 N–H and O–H groups in total. The molecule has 0 saturated heterocycles. The van der Waals surface area contributed by atoms with E-state index in [0.717, 1.165) is 137 Å². The summed E-state index contributed by atoms with van der Waals surface area (Å²) in [6.45, 7) is 0. The molecule has 0 aliphatic heterocycles. The van der Waals surface area contributed by atoms with E-state index in [0.29, 0.717) is 0 Å². The van der Waals surface area contributed by atoms with Crippen molar-refractivity contribution in [3.63, 3.8) is 0 Å². The first-order valence-electron chi connectivity index (χ1n) is 27.4. The molecule has 0 atom stereocenters. The first-order chi connectivity index (χ1) is 39.7. The van der Waals surface area contributed by atoms with Gasteiger partial charge in [-0.05, 0) is 102 Å². The van der Waals surface area contributed by atoms with Gasteiger partial charge in [0.1, 0.15) is 22.3 Å². The van der Waals surface area contributed by atoms with Crippen LogP contribution in [0.1, 0.15) is 0 Å². The van der Waals surface area contributed by atoms with Gasteiger partial charge in [0.05, 0.1) is 22.7 Å². The van der Waals surface area contributed by atoms with E-state index in [1.807, 2.05) is 0 Å². The molecule has 17 rings (SSSR count). The fraction of sp³-hybridized carbons (Fsp3) is 0. The van der Waals surface area contributed by atoms with E-state index in [9.17, 15) is 0 Å². The number of para-hydroxylation sites is 2. The van der Waals surface area contributed by atoms with E-state index in [1.54, 1.807) is 0 Å². The first kappa shape index (κ1) is 44.4. The van der Waals surface area contributed by atoms with Gasteiger partial charge >= 0.3 is 0 Å². The topological polar surface area (TPSA) is 32.8 Å². The molecular weight excluding hydrogens is 973 g/mol. The molecule has 0 bridgehead atoms. The van der Waals surface area contributed by atoms with Crippen LogP contribution in [0.3, 0.4) is 0 Å². The van der Waals surface area contributed by atoms with Crippen LogP contribution >= 0.6 is 0 Å². The van der Waals surface area contributed by atoms with Crippen molar-refractivity contribution in [3.05, 3.63) is 279 Å². The highest BCUT2D eigenvalue weighted by Gasteiger charge is 2.28. The summed E-state index contributed by atoms with van der Waals surface area (Å²) in [5, 5.41) is 20.8. The lowest BCUT2D eigenvalue weighted by Crippen LogP contribution is -2.12. The fourth-order valence-corrected chi connectivity index (χ4v) is 13.4. The summed E-state index contributed by atoms with van der Waals surface area (Å²) in [5.74, 6) is 0. The minimum Gasteiger partial charge on any atom is -0.456 e. The molecule has 4 nitrogen and oxygen atoms in total. The monoisotopic (exact) mass is 1020 g/mol. The molecule has 4 heteroatoms. The molecule has 0 aliphatic carbocycles. The van der Waals surface area contributed by atoms with E-state index in [-0.39, 0.29) is 0 Å². The van der Waals surface area contributed by atoms with Gasteiger partial charge in [0.25, 0.3) is 0 Å². The molecular formula is C76H46N2O2. The number of rotatable bonds is 7. The maximum absolute atomic E-state index is 6.94. The largest absolute Gasteiger partial charge is 0.456 e. The molecule has 0 spiro atoms. The lowest BCUT2D eigenvalue weighted by molar-refractivity contribution is 0.669. The predicted octanol–water partition coefficient (Wildman–Crippen LogP) is 22.2. The third-order valence-corrected chi connectivity index (χ3v) is 16.7. The Balaban J connectivity index is 0.915. The van der Waals surface area contributed by atoms with Crippen molar-refractivity contribution in [3.8, 4) is 11.1 Å². The Morgan fingerprint density at radius 1 is 0.225 bits per heavy atom. The Labute approximate surface area is 459 Å². The Hall–Kier alpha value is -10.7. The molecule has 0 fully saturated rings. The van der Waals surface area contributed by atoms with Crippen molar-refractivity contribution in [2.45, 2.75) is 0 Å². The van der Waals surface area contributed by atoms with Gasteiger partial charge in [-0.3, -0.25) is 0 Å². The van der Waals surface area contributed by atoms with Crippen molar-refractivity contribution >= 4 is 153 Å². The maximum Gasteiger partial charge on any atom is 0.138 e. The highest BCUT2D eigenvalue weighted by molar-refractivity contribution is 6.32. The van der Waals surface area contributed by atoms with Crippen LogP contribution in [0, 0.1) is 0 Å². The zero-order chi connectivity index (χ0) is 52.4. The summed E-state index contributed by atoms with van der Waals surface area (Å²) in [7, 11) is 0. The van der Waals surface area contributed by atoms with E-state index in [4.69, 9.17) is 8.83 Å². The molecule has 2 heterocycles. The normalized spacial score (nSPS) is 12.0. The number of furan rings is 2. The maximum atomic E-state index is 6.94. The lowest BCUT2D eigenvalue weighted by Gasteiger charge is -2.31. The van der Waals surface area contributed by atoms with E-state index in [1.165, 1.54) is 27.1 Å². The molecule has 0 unspecified atom stereocenters. The fourth-order valence-electron chi connectivity index (χ4n) is 13.4. The van der Waals surface area contributed by atoms with Gasteiger partial charge in [-0.25, -0.2) is 0 Å². The molecule has 0 saturated carbocycles. The minimum absolute atomic E-state index is 0.853. The van der Waals surface area contributed by atoms with Gasteiger partial charge in [-0.2, -0.15) is 0 Å². The summed E-state index contributed by atoms with van der Waals surface area (Å²) in [6.07, 6.45) is 0. The van der Waals surface area contributed by atoms with Gasteiger partial charge in [-0.15, -0.1) is 0 Å². The first-order valence-corrected chi connectivity index (χ1v) is 27.4. The number of anilines is 6. The van der Waals surface area contributed by atoms with Crippen LogP contribution in [0.2, 0.25) is 0 Å². The number of fused-ring (bicyclic) bond motifs is 17. The van der Waals surface area contributed by atoms with Crippen molar-refractivity contribution in [1.29, 1.82) is 0 Å². The zero-order valence-corrected chi connectivity index (χ0v) is 43.3. The van der Waals surface area contributed by atoms with Crippen LogP contribution in [0.4, 0.5) is 34.1 Å². The zero-order valence-electron chi connectivity index (χ0n) is 43.3. The molecule has 0 amide bonds. The summed E-state index contributed by atoms with van der Waals surface area (Å²) in [5.41, 5.74) is 12.2. The second-order valence-corrected chi connectivity index (χ2v) is 21.0. The van der Waals surface area contributed by atoms with E-state index in [2.05, 4.69) is 289 Å². The van der Waals surface area contributed by atoms with Gasteiger partial charge in [0.2, 0.25) is 0 Å². The lowest BCUT2D eigenvalue weighted by atomic mass is 9.87. The summed E-state index contributed by atoms with van der Waals surface area (Å²) >= 11 is 0. The van der Waals surface area contributed by atoms with Gasteiger partial charge in [0, 0.05) is 72.0 Å². The Bertz CT molecular complexity index is 5330. The molecule has 0 aliphatic rings. The van der Waals surface area contributed by atoms with Crippen LogP contribution < -0.4 is 9.80 Å². The third kappa shape index (κ3) is 6.51. The summed E-state index contributed by atoms with van der Waals surface area (Å²) in [6, 6.07) is 101. The molecule has 15 aromatic carbocycles. The van der Waals surface area contributed by atoms with Crippen LogP contribution in [0.15, 0.2) is 288 Å². The van der Waals surface area contributed by atoms with E-state index >= 15 is 0 Å². The number of hydrogen-bond acceptors (Lipinski definition) is 4. The molecule has 80 heavy (non-hydrogen) atoms. The van der Waals surface area contributed by atoms with Gasteiger partial charge in [-0.1, -0.05) is 224 Å². The SMILES string of the molecule is c1ccc(N(c2ccc(-c3c4ccccc4c(N(c4ccccc4)c4cc5oc6ccc7ccccc7c6c5c5ccccc45)c4ccccc34)c3ccccc23)c2cc3oc4ccc5ccccc5c4c3c3ccccc23)cc1. The molecule has 372 valence electrons. The Kier molecular flexibility index (Phi) is 9.68. The summed E-state index contributed by atoms with van der Waals surface area (Å²) < 4.78 is 13.8. The molecule has 17 aromatic rings. The average molecular weight is 1020 g/mol. The minimum atomic E-state index is 0.853. The van der Waals surface area contributed by atoms with Crippen LogP contribution in [-0.2, 0) is 0 Å². The Morgan fingerprint density at radius 2 is 0.588 bits per heavy atom. The Morgan fingerprint density at radius 3 is 1.09 bits per heavy atom. The van der Waals surface area contributed by atoms with Crippen LogP contribution in [0.5, 0.6) is 0 Å². The highest BCUT2D eigenvalue weighted by atomic mass is 16.3. The number of hydrogen-bond donors (Lipinski definition) is 0. The van der Waals surface area contributed by atoms with Crippen LogP contribution in [0.25, 0.3) is 130 Å². The highest BCUT2D eigenvalue weighted by Crippen LogP contribution is 2.54. The predicted molar refractivity (Wildman–Crippen MR) is 338 cm³/mol.